The zero-order valence-electron chi connectivity index (χ0n) is 23.0. The van der Waals surface area contributed by atoms with E-state index < -0.39 is 34.3 Å². The monoisotopic (exact) mass is 553 g/mol. The third kappa shape index (κ3) is 7.66. The number of aryl methyl sites for hydroxylation is 2. The van der Waals surface area contributed by atoms with E-state index in [1.165, 1.54) is 29.2 Å². The Morgan fingerprint density at radius 2 is 1.51 bits per heavy atom. The molecule has 1 atom stereocenters. The summed E-state index contributed by atoms with van der Waals surface area (Å²) in [6, 6.07) is 17.9. The molecule has 0 aliphatic heterocycles. The number of hydrogen-bond donors (Lipinski definition) is 1. The molecule has 0 aliphatic carbocycles. The van der Waals surface area contributed by atoms with Crippen LogP contribution in [-0.2, 0) is 26.2 Å². The lowest BCUT2D eigenvalue weighted by atomic mass is 10.1. The van der Waals surface area contributed by atoms with Gasteiger partial charge in [0.25, 0.3) is 10.0 Å². The van der Waals surface area contributed by atoms with Crippen LogP contribution < -0.4 is 9.62 Å². The van der Waals surface area contributed by atoms with E-state index in [2.05, 4.69) is 5.32 Å². The summed E-state index contributed by atoms with van der Waals surface area (Å²) in [5.41, 5.74) is 2.66. The van der Waals surface area contributed by atoms with E-state index in [1.807, 2.05) is 33.8 Å². The molecule has 208 valence electrons. The maximum atomic E-state index is 14.0. The Balaban J connectivity index is 2.08. The van der Waals surface area contributed by atoms with E-state index in [0.717, 1.165) is 15.4 Å². The molecule has 7 nitrogen and oxygen atoms in total. The van der Waals surface area contributed by atoms with Gasteiger partial charge in [-0.2, -0.15) is 0 Å². The lowest BCUT2D eigenvalue weighted by Gasteiger charge is -2.33. The number of anilines is 1. The normalized spacial score (nSPS) is 12.2. The minimum Gasteiger partial charge on any atom is -0.352 e. The molecule has 0 fully saturated rings. The van der Waals surface area contributed by atoms with Crippen LogP contribution in [0, 0.1) is 19.7 Å². The molecule has 2 amide bonds. The summed E-state index contributed by atoms with van der Waals surface area (Å²) in [5, 5.41) is 2.86. The zero-order chi connectivity index (χ0) is 28.7. The van der Waals surface area contributed by atoms with Gasteiger partial charge in [0.1, 0.15) is 18.4 Å². The number of halogens is 1. The first-order valence-corrected chi connectivity index (χ1v) is 14.4. The molecule has 39 heavy (non-hydrogen) atoms. The van der Waals surface area contributed by atoms with E-state index >= 15 is 0 Å². The molecule has 0 spiro atoms. The predicted octanol–water partition coefficient (Wildman–Crippen LogP) is 4.97. The second-order valence-corrected chi connectivity index (χ2v) is 11.8. The summed E-state index contributed by atoms with van der Waals surface area (Å²) < 4.78 is 42.4. The molecule has 3 aromatic carbocycles. The van der Waals surface area contributed by atoms with Crippen LogP contribution in [0.1, 0.15) is 43.9 Å². The molecule has 1 N–H and O–H groups in total. The van der Waals surface area contributed by atoms with Crippen LogP contribution in [0.4, 0.5) is 10.1 Å². The number of hydrogen-bond acceptors (Lipinski definition) is 4. The Hall–Kier alpha value is -3.72. The van der Waals surface area contributed by atoms with Gasteiger partial charge in [-0.05, 0) is 87.2 Å². The molecular weight excluding hydrogens is 517 g/mol. The number of nitrogens with one attached hydrogen (secondary N) is 1. The van der Waals surface area contributed by atoms with Crippen LogP contribution in [0.3, 0.4) is 0 Å². The Morgan fingerprint density at radius 1 is 0.923 bits per heavy atom. The second kappa shape index (κ2) is 12.9. The summed E-state index contributed by atoms with van der Waals surface area (Å²) >= 11 is 0. The Kier molecular flexibility index (Phi) is 9.86. The quantitative estimate of drug-likeness (QED) is 0.363. The second-order valence-electron chi connectivity index (χ2n) is 9.91. The van der Waals surface area contributed by atoms with Crippen molar-refractivity contribution in [3.8, 4) is 0 Å². The van der Waals surface area contributed by atoms with Crippen LogP contribution in [0.5, 0.6) is 0 Å². The van der Waals surface area contributed by atoms with Gasteiger partial charge in [0, 0.05) is 12.6 Å². The topological polar surface area (TPSA) is 86.8 Å². The average molecular weight is 554 g/mol. The maximum absolute atomic E-state index is 14.0. The minimum atomic E-state index is -4.13. The molecule has 0 aliphatic rings. The smallest absolute Gasteiger partial charge is 0.264 e. The number of rotatable bonds is 11. The van der Waals surface area contributed by atoms with E-state index in [4.69, 9.17) is 0 Å². The van der Waals surface area contributed by atoms with E-state index in [9.17, 15) is 22.4 Å². The molecular formula is C30H36FN3O4S. The number of carbonyl (C=O) groups is 2. The molecule has 0 bridgehead atoms. The number of benzene rings is 3. The van der Waals surface area contributed by atoms with E-state index in [0.29, 0.717) is 17.7 Å². The fraction of sp³-hybridized carbons (Fsp3) is 0.333. The van der Waals surface area contributed by atoms with Crippen LogP contribution in [0.15, 0.2) is 77.7 Å². The highest BCUT2D eigenvalue weighted by Crippen LogP contribution is 2.27. The van der Waals surface area contributed by atoms with Crippen LogP contribution in [0.2, 0.25) is 0 Å². The van der Waals surface area contributed by atoms with Crippen LogP contribution in [-0.4, -0.2) is 43.8 Å². The van der Waals surface area contributed by atoms with Crippen molar-refractivity contribution >= 4 is 27.5 Å². The highest BCUT2D eigenvalue weighted by molar-refractivity contribution is 7.92. The molecule has 0 aromatic heterocycles. The minimum absolute atomic E-state index is 0.00913. The summed E-state index contributed by atoms with van der Waals surface area (Å²) in [5.74, 6) is -1.31. The first-order chi connectivity index (χ1) is 18.4. The van der Waals surface area contributed by atoms with Gasteiger partial charge in [-0.25, -0.2) is 12.8 Å². The van der Waals surface area contributed by atoms with Gasteiger partial charge in [0.2, 0.25) is 11.8 Å². The number of sulfonamides is 1. The highest BCUT2D eigenvalue weighted by Gasteiger charge is 2.34. The summed E-state index contributed by atoms with van der Waals surface area (Å²) in [6.07, 6.45) is 0.306. The largest absolute Gasteiger partial charge is 0.352 e. The molecule has 0 heterocycles. The molecule has 9 heteroatoms. The first kappa shape index (κ1) is 29.8. The van der Waals surface area contributed by atoms with Crippen molar-refractivity contribution in [3.63, 3.8) is 0 Å². The van der Waals surface area contributed by atoms with Crippen molar-refractivity contribution in [2.45, 2.75) is 64.6 Å². The zero-order valence-corrected chi connectivity index (χ0v) is 23.8. The van der Waals surface area contributed by atoms with Crippen LogP contribution in [0.25, 0.3) is 0 Å². The number of carbonyl (C=O) groups excluding carboxylic acids is 2. The lowest BCUT2D eigenvalue weighted by Crippen LogP contribution is -2.53. The summed E-state index contributed by atoms with van der Waals surface area (Å²) in [6.45, 7) is 8.64. The van der Waals surface area contributed by atoms with Crippen molar-refractivity contribution in [1.82, 2.24) is 10.2 Å². The molecule has 0 saturated carbocycles. The Labute approximate surface area is 230 Å². The van der Waals surface area contributed by atoms with E-state index in [-0.39, 0.29) is 23.4 Å². The fourth-order valence-electron chi connectivity index (χ4n) is 4.43. The molecule has 3 aromatic rings. The molecule has 0 radical (unpaired) electrons. The number of amides is 2. The van der Waals surface area contributed by atoms with Crippen molar-refractivity contribution in [2.24, 2.45) is 0 Å². The summed E-state index contributed by atoms with van der Waals surface area (Å²) in [7, 11) is -4.13. The Bertz CT molecular complexity index is 1370. The third-order valence-electron chi connectivity index (χ3n) is 6.19. The van der Waals surface area contributed by atoms with Gasteiger partial charge in [0.05, 0.1) is 10.6 Å². The van der Waals surface area contributed by atoms with Gasteiger partial charge in [0.15, 0.2) is 0 Å². The lowest BCUT2D eigenvalue weighted by molar-refractivity contribution is -0.140. The van der Waals surface area contributed by atoms with Crippen molar-refractivity contribution < 1.29 is 22.4 Å². The SMILES string of the molecule is CCC(C(=O)NC(C)C)N(Cc1ccc(F)cc1)C(=O)CN(c1cc(C)cc(C)c1)S(=O)(=O)c1ccccc1. The van der Waals surface area contributed by atoms with Crippen molar-refractivity contribution in [2.75, 3.05) is 10.8 Å². The first-order valence-electron chi connectivity index (χ1n) is 12.9. The van der Waals surface area contributed by atoms with Gasteiger partial charge >= 0.3 is 0 Å². The van der Waals surface area contributed by atoms with Crippen LogP contribution >= 0.6 is 0 Å². The van der Waals surface area contributed by atoms with Gasteiger partial charge in [-0.1, -0.05) is 43.3 Å². The standard InChI is InChI=1S/C30H36FN3O4S/c1-6-28(30(36)32-21(2)3)33(19-24-12-14-25(31)15-13-24)29(35)20-34(26-17-22(4)16-23(5)18-26)39(37,38)27-10-8-7-9-11-27/h7-18,21,28H,6,19-20H2,1-5H3,(H,32,36). The maximum Gasteiger partial charge on any atom is 0.264 e. The van der Waals surface area contributed by atoms with Crippen molar-refractivity contribution in [3.05, 3.63) is 95.3 Å². The average Bonchev–Trinajstić information content (AvgIpc) is 2.87. The van der Waals surface area contributed by atoms with Gasteiger partial charge in [-0.15, -0.1) is 0 Å². The third-order valence-corrected chi connectivity index (χ3v) is 7.98. The molecule has 0 saturated heterocycles. The number of nitrogens with zero attached hydrogens (tertiary/aromatic N) is 2. The highest BCUT2D eigenvalue weighted by atomic mass is 32.2. The van der Waals surface area contributed by atoms with Gasteiger partial charge < -0.3 is 10.2 Å². The summed E-state index contributed by atoms with van der Waals surface area (Å²) in [4.78, 5) is 28.6. The Morgan fingerprint density at radius 3 is 2.05 bits per heavy atom. The van der Waals surface area contributed by atoms with E-state index in [1.54, 1.807) is 49.4 Å². The molecule has 1 unspecified atom stereocenters. The molecule has 3 rings (SSSR count). The van der Waals surface area contributed by atoms with Gasteiger partial charge in [-0.3, -0.25) is 13.9 Å². The van der Waals surface area contributed by atoms with Crippen molar-refractivity contribution in [1.29, 1.82) is 0 Å². The predicted molar refractivity (Wildman–Crippen MR) is 151 cm³/mol. The fourth-order valence-corrected chi connectivity index (χ4v) is 5.85.